The molecule has 0 fully saturated rings. The molecule has 2 aromatic rings. The van der Waals surface area contributed by atoms with Crippen molar-refractivity contribution in [2.45, 2.75) is 19.3 Å². The molecular weight excluding hydrogens is 285 g/mol. The van der Waals surface area contributed by atoms with Gasteiger partial charge in [-0.15, -0.1) is 0 Å². The number of aromatic nitrogens is 1. The second-order valence-corrected chi connectivity index (χ2v) is 4.49. The number of nitrogens with one attached hydrogen (secondary N) is 1. The molecular formula is C14H13F3N2O2. The van der Waals surface area contributed by atoms with Crippen LogP contribution in [0.25, 0.3) is 0 Å². The largest absolute Gasteiger partial charge is 0.508 e. The van der Waals surface area contributed by atoms with Crippen LogP contribution in [0.5, 0.6) is 5.75 Å². The van der Waals surface area contributed by atoms with Gasteiger partial charge in [-0.2, -0.15) is 13.2 Å². The van der Waals surface area contributed by atoms with Gasteiger partial charge in [-0.05, 0) is 29.8 Å². The Morgan fingerprint density at radius 1 is 1.24 bits per heavy atom. The Kier molecular flexibility index (Phi) is 4.21. The highest BCUT2D eigenvalue weighted by Crippen LogP contribution is 2.19. The molecule has 7 heteroatoms. The summed E-state index contributed by atoms with van der Waals surface area (Å²) in [5.41, 5.74) is 0.588. The predicted molar refractivity (Wildman–Crippen MR) is 69.8 cm³/mol. The molecule has 0 aliphatic carbocycles. The quantitative estimate of drug-likeness (QED) is 0.912. The number of rotatable bonds is 4. The SMILES string of the molecule is O=C(NCc1cccc(O)c1)c1cccn1CC(F)(F)F. The molecule has 0 aliphatic heterocycles. The summed E-state index contributed by atoms with van der Waals surface area (Å²) in [4.78, 5) is 11.9. The molecule has 1 aromatic carbocycles. The molecule has 0 unspecified atom stereocenters. The first kappa shape index (κ1) is 15.0. The summed E-state index contributed by atoms with van der Waals surface area (Å²) in [5, 5.41) is 11.8. The molecule has 1 aromatic heterocycles. The summed E-state index contributed by atoms with van der Waals surface area (Å²) in [5.74, 6) is -0.546. The maximum atomic E-state index is 12.4. The normalized spacial score (nSPS) is 11.4. The fourth-order valence-corrected chi connectivity index (χ4v) is 1.89. The average Bonchev–Trinajstić information content (AvgIpc) is 2.82. The third-order valence-corrected chi connectivity index (χ3v) is 2.78. The van der Waals surface area contributed by atoms with Crippen LogP contribution >= 0.6 is 0 Å². The van der Waals surface area contributed by atoms with Crippen LogP contribution in [-0.2, 0) is 13.1 Å². The van der Waals surface area contributed by atoms with E-state index < -0.39 is 18.6 Å². The summed E-state index contributed by atoms with van der Waals surface area (Å²) >= 11 is 0. The highest BCUT2D eigenvalue weighted by atomic mass is 19.4. The zero-order valence-corrected chi connectivity index (χ0v) is 10.9. The van der Waals surface area contributed by atoms with Gasteiger partial charge in [0.25, 0.3) is 5.91 Å². The van der Waals surface area contributed by atoms with E-state index in [1.54, 1.807) is 12.1 Å². The van der Waals surface area contributed by atoms with E-state index in [1.165, 1.54) is 30.5 Å². The third kappa shape index (κ3) is 4.27. The van der Waals surface area contributed by atoms with Crippen molar-refractivity contribution in [1.82, 2.24) is 9.88 Å². The molecule has 0 spiro atoms. The molecule has 21 heavy (non-hydrogen) atoms. The van der Waals surface area contributed by atoms with Gasteiger partial charge in [0.15, 0.2) is 0 Å². The molecule has 1 heterocycles. The van der Waals surface area contributed by atoms with E-state index in [2.05, 4.69) is 5.32 Å². The number of halogens is 3. The minimum atomic E-state index is -4.39. The number of carbonyl (C=O) groups excluding carboxylic acids is 1. The minimum Gasteiger partial charge on any atom is -0.508 e. The van der Waals surface area contributed by atoms with Crippen molar-refractivity contribution in [3.63, 3.8) is 0 Å². The monoisotopic (exact) mass is 298 g/mol. The molecule has 2 N–H and O–H groups in total. The number of amides is 1. The minimum absolute atomic E-state index is 0.0576. The van der Waals surface area contributed by atoms with Crippen LogP contribution in [0.15, 0.2) is 42.6 Å². The molecule has 4 nitrogen and oxygen atoms in total. The molecule has 112 valence electrons. The van der Waals surface area contributed by atoms with E-state index in [9.17, 15) is 23.1 Å². The van der Waals surface area contributed by atoms with Crippen molar-refractivity contribution < 1.29 is 23.1 Å². The number of phenols is 1. The fourth-order valence-electron chi connectivity index (χ4n) is 1.89. The van der Waals surface area contributed by atoms with Crippen molar-refractivity contribution in [1.29, 1.82) is 0 Å². The lowest BCUT2D eigenvalue weighted by Crippen LogP contribution is -2.27. The molecule has 0 aliphatic rings. The van der Waals surface area contributed by atoms with Crippen molar-refractivity contribution in [3.05, 3.63) is 53.9 Å². The van der Waals surface area contributed by atoms with E-state index in [4.69, 9.17) is 0 Å². The summed E-state index contributed by atoms with van der Waals surface area (Å²) in [6.45, 7) is -1.10. The Bertz CT molecular complexity index is 635. The first-order chi connectivity index (χ1) is 9.85. The Balaban J connectivity index is 2.03. The van der Waals surface area contributed by atoms with E-state index in [0.717, 1.165) is 4.57 Å². The zero-order valence-electron chi connectivity index (χ0n) is 10.9. The van der Waals surface area contributed by atoms with Crippen molar-refractivity contribution in [2.75, 3.05) is 0 Å². The highest BCUT2D eigenvalue weighted by molar-refractivity contribution is 5.92. The second-order valence-electron chi connectivity index (χ2n) is 4.49. The van der Waals surface area contributed by atoms with Crippen molar-refractivity contribution >= 4 is 5.91 Å². The van der Waals surface area contributed by atoms with E-state index in [0.29, 0.717) is 5.56 Å². The summed E-state index contributed by atoms with van der Waals surface area (Å²) in [6, 6.07) is 8.96. The summed E-state index contributed by atoms with van der Waals surface area (Å²) in [6.07, 6.45) is -3.18. The highest BCUT2D eigenvalue weighted by Gasteiger charge is 2.29. The molecule has 2 rings (SSSR count). The molecule has 0 radical (unpaired) electrons. The van der Waals surface area contributed by atoms with E-state index in [-0.39, 0.29) is 18.0 Å². The third-order valence-electron chi connectivity index (χ3n) is 2.78. The topological polar surface area (TPSA) is 54.3 Å². The molecule has 1 amide bonds. The van der Waals surface area contributed by atoms with Gasteiger partial charge in [0.05, 0.1) is 0 Å². The van der Waals surface area contributed by atoms with Gasteiger partial charge in [0, 0.05) is 12.7 Å². The maximum Gasteiger partial charge on any atom is 0.406 e. The number of alkyl halides is 3. The fraction of sp³-hybridized carbons (Fsp3) is 0.214. The summed E-state index contributed by atoms with van der Waals surface area (Å²) in [7, 11) is 0. The van der Waals surface area contributed by atoms with Crippen molar-refractivity contribution in [2.24, 2.45) is 0 Å². The Hall–Kier alpha value is -2.44. The number of hydrogen-bond donors (Lipinski definition) is 2. The predicted octanol–water partition coefficient (Wildman–Crippen LogP) is 2.69. The Morgan fingerprint density at radius 3 is 2.67 bits per heavy atom. The van der Waals surface area contributed by atoms with Crippen LogP contribution < -0.4 is 5.32 Å². The first-order valence-electron chi connectivity index (χ1n) is 6.13. The number of carbonyl (C=O) groups is 1. The second kappa shape index (κ2) is 5.90. The lowest BCUT2D eigenvalue weighted by Gasteiger charge is -2.12. The average molecular weight is 298 g/mol. The Morgan fingerprint density at radius 2 is 2.00 bits per heavy atom. The maximum absolute atomic E-state index is 12.4. The Labute approximate surface area is 118 Å². The van der Waals surface area contributed by atoms with Crippen LogP contribution in [0.3, 0.4) is 0 Å². The van der Waals surface area contributed by atoms with Crippen LogP contribution in [-0.4, -0.2) is 21.8 Å². The molecule has 0 saturated carbocycles. The number of nitrogens with zero attached hydrogens (tertiary/aromatic N) is 1. The first-order valence-corrected chi connectivity index (χ1v) is 6.13. The van der Waals surface area contributed by atoms with Gasteiger partial charge in [0.2, 0.25) is 0 Å². The van der Waals surface area contributed by atoms with Gasteiger partial charge in [-0.1, -0.05) is 12.1 Å². The van der Waals surface area contributed by atoms with Crippen LogP contribution in [0.2, 0.25) is 0 Å². The molecule has 0 saturated heterocycles. The number of aromatic hydroxyl groups is 1. The van der Waals surface area contributed by atoms with E-state index >= 15 is 0 Å². The van der Waals surface area contributed by atoms with Crippen molar-refractivity contribution in [3.8, 4) is 5.75 Å². The van der Waals surface area contributed by atoms with Gasteiger partial charge in [-0.3, -0.25) is 4.79 Å². The smallest absolute Gasteiger partial charge is 0.406 e. The lowest BCUT2D eigenvalue weighted by atomic mass is 10.2. The molecule has 0 bridgehead atoms. The zero-order chi connectivity index (χ0) is 15.5. The van der Waals surface area contributed by atoms with Gasteiger partial charge >= 0.3 is 6.18 Å². The molecule has 0 atom stereocenters. The van der Waals surface area contributed by atoms with Crippen LogP contribution in [0.4, 0.5) is 13.2 Å². The van der Waals surface area contributed by atoms with Gasteiger partial charge in [0.1, 0.15) is 18.0 Å². The number of hydrogen-bond acceptors (Lipinski definition) is 2. The number of benzene rings is 1. The van der Waals surface area contributed by atoms with Gasteiger partial charge < -0.3 is 15.0 Å². The lowest BCUT2D eigenvalue weighted by molar-refractivity contribution is -0.140. The standard InChI is InChI=1S/C14H13F3N2O2/c15-14(16,17)9-19-6-2-5-12(19)13(21)18-8-10-3-1-4-11(20)7-10/h1-7,20H,8-9H2,(H,18,21). The van der Waals surface area contributed by atoms with Gasteiger partial charge in [-0.25, -0.2) is 0 Å². The van der Waals surface area contributed by atoms with Crippen LogP contribution in [0, 0.1) is 0 Å². The van der Waals surface area contributed by atoms with Crippen LogP contribution in [0.1, 0.15) is 16.1 Å². The van der Waals surface area contributed by atoms with E-state index in [1.807, 2.05) is 0 Å². The number of phenolic OH excluding ortho intramolecular Hbond substituents is 1. The summed E-state index contributed by atoms with van der Waals surface area (Å²) < 4.78 is 38.0.